The summed E-state index contributed by atoms with van der Waals surface area (Å²) in [5.74, 6) is -1.84. The minimum atomic E-state index is -1.10. The first kappa shape index (κ1) is 20.6. The molecular formula is C19H22N2O8. The van der Waals surface area contributed by atoms with Crippen LogP contribution < -0.4 is 14.8 Å². The van der Waals surface area contributed by atoms with E-state index in [1.807, 2.05) is 0 Å². The number of carbonyl (C=O) groups excluding carboxylic acids is 3. The van der Waals surface area contributed by atoms with Crippen molar-refractivity contribution in [3.8, 4) is 11.5 Å². The van der Waals surface area contributed by atoms with Gasteiger partial charge in [-0.1, -0.05) is 6.92 Å². The summed E-state index contributed by atoms with van der Waals surface area (Å²) in [7, 11) is 0. The standard InChI is InChI=1S/C19H22N2O8/c1-10-5-15(22)13(14(10)8-21(25)26)7-18(23)29-11(2)19(24)20-12-3-4-16-17(6-12)28-9-27-16/h3-4,6,10-11,13-14H,5,7-9H2,1-2H3,(H,20,24)/t10-,11-,13-,14+/m0/s1. The summed E-state index contributed by atoms with van der Waals surface area (Å²) in [6.07, 6.45) is -1.17. The maximum Gasteiger partial charge on any atom is 0.307 e. The number of hydrogen-bond donors (Lipinski definition) is 1. The first-order valence-corrected chi connectivity index (χ1v) is 9.29. The van der Waals surface area contributed by atoms with Gasteiger partial charge in [-0.05, 0) is 25.0 Å². The Kier molecular flexibility index (Phi) is 6.00. The lowest BCUT2D eigenvalue weighted by atomic mass is 9.88. The predicted octanol–water partition coefficient (Wildman–Crippen LogP) is 1.79. The lowest BCUT2D eigenvalue weighted by Gasteiger charge is -2.18. The van der Waals surface area contributed by atoms with E-state index in [1.54, 1.807) is 25.1 Å². The fraction of sp³-hybridized carbons (Fsp3) is 0.526. The molecule has 3 rings (SSSR count). The van der Waals surface area contributed by atoms with Gasteiger partial charge >= 0.3 is 5.97 Å². The van der Waals surface area contributed by atoms with Crippen molar-refractivity contribution >= 4 is 23.3 Å². The third-order valence-electron chi connectivity index (χ3n) is 5.25. The zero-order chi connectivity index (χ0) is 21.1. The van der Waals surface area contributed by atoms with E-state index in [4.69, 9.17) is 14.2 Å². The van der Waals surface area contributed by atoms with Crippen molar-refractivity contribution in [3.05, 3.63) is 28.3 Å². The number of fused-ring (bicyclic) bond motifs is 1. The van der Waals surface area contributed by atoms with Gasteiger partial charge in [-0.15, -0.1) is 0 Å². The van der Waals surface area contributed by atoms with Crippen molar-refractivity contribution in [2.75, 3.05) is 18.7 Å². The minimum absolute atomic E-state index is 0.108. The van der Waals surface area contributed by atoms with Gasteiger partial charge in [0.05, 0.1) is 6.42 Å². The summed E-state index contributed by atoms with van der Waals surface area (Å²) in [5, 5.41) is 13.5. The molecule has 1 N–H and O–H groups in total. The number of ether oxygens (including phenoxy) is 3. The molecule has 1 fully saturated rings. The number of esters is 1. The van der Waals surface area contributed by atoms with Gasteiger partial charge in [-0.25, -0.2) is 0 Å². The molecule has 1 heterocycles. The molecule has 10 heteroatoms. The smallest absolute Gasteiger partial charge is 0.307 e. The van der Waals surface area contributed by atoms with Crippen LogP contribution in [0, 0.1) is 27.9 Å². The minimum Gasteiger partial charge on any atom is -0.454 e. The molecule has 156 valence electrons. The lowest BCUT2D eigenvalue weighted by Crippen LogP contribution is -2.32. The second-order valence-corrected chi connectivity index (χ2v) is 7.33. The molecule has 0 aromatic heterocycles. The number of nitro groups is 1. The SMILES string of the molecule is C[C@H](OC(=O)C[C@@H]1C(=O)C[C@H](C)[C@H]1C[N+](=O)[O-])C(=O)Nc1ccc2c(c1)OCO2. The molecule has 29 heavy (non-hydrogen) atoms. The van der Waals surface area contributed by atoms with Crippen molar-refractivity contribution in [1.82, 2.24) is 0 Å². The molecular weight excluding hydrogens is 384 g/mol. The van der Waals surface area contributed by atoms with Gasteiger partial charge in [-0.3, -0.25) is 24.5 Å². The molecule has 10 nitrogen and oxygen atoms in total. The fourth-order valence-corrected chi connectivity index (χ4v) is 3.70. The maximum atomic E-state index is 12.3. The van der Waals surface area contributed by atoms with E-state index in [0.717, 1.165) is 0 Å². The highest BCUT2D eigenvalue weighted by atomic mass is 16.7. The Morgan fingerprint density at radius 2 is 2.07 bits per heavy atom. The summed E-state index contributed by atoms with van der Waals surface area (Å²) in [5.41, 5.74) is 0.452. The van der Waals surface area contributed by atoms with Gasteiger partial charge in [0.1, 0.15) is 5.78 Å². The topological polar surface area (TPSA) is 134 Å². The van der Waals surface area contributed by atoms with Crippen molar-refractivity contribution in [2.24, 2.45) is 17.8 Å². The summed E-state index contributed by atoms with van der Waals surface area (Å²) in [4.78, 5) is 47.1. The van der Waals surface area contributed by atoms with E-state index >= 15 is 0 Å². The van der Waals surface area contributed by atoms with Crippen molar-refractivity contribution in [1.29, 1.82) is 0 Å². The molecule has 0 radical (unpaired) electrons. The van der Waals surface area contributed by atoms with E-state index in [1.165, 1.54) is 6.92 Å². The van der Waals surface area contributed by atoms with E-state index in [-0.39, 0.29) is 37.9 Å². The van der Waals surface area contributed by atoms with Gasteiger partial charge < -0.3 is 19.5 Å². The number of nitrogens with one attached hydrogen (secondary N) is 1. The summed E-state index contributed by atoms with van der Waals surface area (Å²) in [6.45, 7) is 2.91. The molecule has 0 bridgehead atoms. The molecule has 1 aromatic rings. The molecule has 1 aliphatic carbocycles. The largest absolute Gasteiger partial charge is 0.454 e. The normalized spacial score (nSPS) is 23.5. The quantitative estimate of drug-likeness (QED) is 0.411. The van der Waals surface area contributed by atoms with Crippen LogP contribution in [-0.4, -0.2) is 42.0 Å². The van der Waals surface area contributed by atoms with E-state index in [9.17, 15) is 24.5 Å². The second kappa shape index (κ2) is 8.46. The number of benzene rings is 1. The molecule has 1 aliphatic heterocycles. The van der Waals surface area contributed by atoms with Crippen molar-refractivity contribution < 1.29 is 33.5 Å². The van der Waals surface area contributed by atoms with Crippen LogP contribution in [-0.2, 0) is 19.1 Å². The molecule has 0 saturated heterocycles. The molecule has 2 aliphatic rings. The number of carbonyl (C=O) groups is 3. The number of rotatable bonds is 7. The number of nitrogens with zero attached hydrogens (tertiary/aromatic N) is 1. The fourth-order valence-electron chi connectivity index (χ4n) is 3.70. The third kappa shape index (κ3) is 4.82. The summed E-state index contributed by atoms with van der Waals surface area (Å²) >= 11 is 0. The van der Waals surface area contributed by atoms with Gasteiger partial charge in [0.25, 0.3) is 5.91 Å². The van der Waals surface area contributed by atoms with Gasteiger partial charge in [-0.2, -0.15) is 0 Å². The van der Waals surface area contributed by atoms with Crippen LogP contribution in [0.2, 0.25) is 0 Å². The average molecular weight is 406 g/mol. The number of amides is 1. The average Bonchev–Trinajstić information content (AvgIpc) is 3.20. The van der Waals surface area contributed by atoms with E-state index < -0.39 is 34.7 Å². The Labute approximate surface area is 166 Å². The van der Waals surface area contributed by atoms with Crippen LogP contribution in [0.1, 0.15) is 26.7 Å². The van der Waals surface area contributed by atoms with Crippen molar-refractivity contribution in [3.63, 3.8) is 0 Å². The lowest BCUT2D eigenvalue weighted by molar-refractivity contribution is -0.490. The van der Waals surface area contributed by atoms with Crippen LogP contribution in [0.25, 0.3) is 0 Å². The first-order valence-electron chi connectivity index (χ1n) is 9.29. The number of ketones is 1. The van der Waals surface area contributed by atoms with Crippen LogP contribution in [0.5, 0.6) is 11.5 Å². The molecule has 4 atom stereocenters. The van der Waals surface area contributed by atoms with E-state index in [0.29, 0.717) is 17.2 Å². The van der Waals surface area contributed by atoms with E-state index in [2.05, 4.69) is 5.32 Å². The highest BCUT2D eigenvalue weighted by Crippen LogP contribution is 2.37. The van der Waals surface area contributed by atoms with Crippen LogP contribution in [0.15, 0.2) is 18.2 Å². The zero-order valence-corrected chi connectivity index (χ0v) is 16.1. The Morgan fingerprint density at radius 3 is 2.79 bits per heavy atom. The van der Waals surface area contributed by atoms with Crippen LogP contribution in [0.4, 0.5) is 5.69 Å². The molecule has 0 spiro atoms. The first-order chi connectivity index (χ1) is 13.7. The highest BCUT2D eigenvalue weighted by Gasteiger charge is 2.44. The Hall–Kier alpha value is -3.17. The molecule has 1 saturated carbocycles. The number of Topliss-reactive ketones (excluding diaryl/α,β-unsaturated/α-hetero) is 1. The molecule has 0 unspecified atom stereocenters. The summed E-state index contributed by atoms with van der Waals surface area (Å²) in [6, 6.07) is 4.87. The highest BCUT2D eigenvalue weighted by molar-refractivity contribution is 5.95. The predicted molar refractivity (Wildman–Crippen MR) is 99.0 cm³/mol. The van der Waals surface area contributed by atoms with Crippen LogP contribution in [0.3, 0.4) is 0 Å². The zero-order valence-electron chi connectivity index (χ0n) is 16.1. The van der Waals surface area contributed by atoms with Gasteiger partial charge in [0.15, 0.2) is 17.6 Å². The maximum absolute atomic E-state index is 12.3. The molecule has 1 aromatic carbocycles. The Balaban J connectivity index is 1.54. The van der Waals surface area contributed by atoms with Gasteiger partial charge in [0.2, 0.25) is 13.3 Å². The number of anilines is 1. The monoisotopic (exact) mass is 406 g/mol. The Morgan fingerprint density at radius 1 is 1.34 bits per heavy atom. The van der Waals surface area contributed by atoms with Crippen LogP contribution >= 0.6 is 0 Å². The third-order valence-corrected chi connectivity index (χ3v) is 5.25. The molecule has 1 amide bonds. The van der Waals surface area contributed by atoms with Crippen molar-refractivity contribution in [2.45, 2.75) is 32.8 Å². The Bertz CT molecular complexity index is 839. The number of hydrogen-bond acceptors (Lipinski definition) is 8. The summed E-state index contributed by atoms with van der Waals surface area (Å²) < 4.78 is 15.6. The second-order valence-electron chi connectivity index (χ2n) is 7.33. The van der Waals surface area contributed by atoms with Gasteiger partial charge in [0, 0.05) is 34.9 Å².